The van der Waals surface area contributed by atoms with Crippen molar-refractivity contribution in [1.29, 1.82) is 0 Å². The maximum absolute atomic E-state index is 11.7. The third-order valence-corrected chi connectivity index (χ3v) is 5.10. The molecule has 0 bridgehead atoms. The summed E-state index contributed by atoms with van der Waals surface area (Å²) >= 11 is 0. The van der Waals surface area contributed by atoms with E-state index in [4.69, 9.17) is 0 Å². The van der Waals surface area contributed by atoms with Crippen LogP contribution in [0.2, 0.25) is 0 Å². The van der Waals surface area contributed by atoms with Crippen LogP contribution < -0.4 is 0 Å². The molecule has 1 aliphatic heterocycles. The van der Waals surface area contributed by atoms with Gasteiger partial charge in [-0.1, -0.05) is 49.9 Å². The number of nitrogens with zero attached hydrogens (tertiary/aromatic N) is 1. The summed E-state index contributed by atoms with van der Waals surface area (Å²) in [4.78, 5) is 14.2. The minimum Gasteiger partial charge on any atom is -0.303 e. The second-order valence-corrected chi connectivity index (χ2v) is 6.62. The van der Waals surface area contributed by atoms with E-state index in [9.17, 15) is 4.79 Å². The topological polar surface area (TPSA) is 20.3 Å². The minimum absolute atomic E-state index is 0.0667. The zero-order chi connectivity index (χ0) is 13.8. The first-order valence-corrected chi connectivity index (χ1v) is 8.07. The van der Waals surface area contributed by atoms with E-state index in [0.717, 1.165) is 38.9 Å². The molecule has 0 aromatic heterocycles. The fourth-order valence-electron chi connectivity index (χ4n) is 3.88. The van der Waals surface area contributed by atoms with E-state index < -0.39 is 0 Å². The number of benzene rings is 1. The molecule has 0 atom stereocenters. The van der Waals surface area contributed by atoms with Crippen LogP contribution in [0.5, 0.6) is 0 Å². The van der Waals surface area contributed by atoms with Gasteiger partial charge in [0.15, 0.2) is 0 Å². The quantitative estimate of drug-likeness (QED) is 0.618. The van der Waals surface area contributed by atoms with Gasteiger partial charge in [-0.2, -0.15) is 0 Å². The average molecular weight is 271 g/mol. The van der Waals surface area contributed by atoms with Crippen molar-refractivity contribution < 1.29 is 4.79 Å². The Kier molecular flexibility index (Phi) is 4.21. The highest BCUT2D eigenvalue weighted by molar-refractivity contribution is 5.59. The van der Waals surface area contributed by atoms with Gasteiger partial charge in [0.2, 0.25) is 0 Å². The molecule has 1 heterocycles. The molecule has 1 fully saturated rings. The lowest BCUT2D eigenvalue weighted by atomic mass is 9.81. The summed E-state index contributed by atoms with van der Waals surface area (Å²) in [5.74, 6) is 0. The smallest absolute Gasteiger partial charge is 0.127 e. The number of carbonyl (C=O) groups is 1. The highest BCUT2D eigenvalue weighted by atomic mass is 16.1. The molecule has 1 aromatic carbocycles. The van der Waals surface area contributed by atoms with E-state index in [0.29, 0.717) is 0 Å². The highest BCUT2D eigenvalue weighted by Crippen LogP contribution is 2.35. The molecular weight excluding hydrogens is 246 g/mol. The molecule has 1 aromatic rings. The van der Waals surface area contributed by atoms with E-state index in [-0.39, 0.29) is 5.41 Å². The Bertz CT molecular complexity index is 460. The summed E-state index contributed by atoms with van der Waals surface area (Å²) in [5, 5.41) is 0. The Morgan fingerprint density at radius 1 is 1.05 bits per heavy atom. The van der Waals surface area contributed by atoms with Crippen molar-refractivity contribution >= 4 is 6.29 Å². The molecule has 0 saturated heterocycles. The monoisotopic (exact) mass is 271 g/mol. The van der Waals surface area contributed by atoms with Crippen molar-refractivity contribution in [3.63, 3.8) is 0 Å². The molecule has 0 amide bonds. The van der Waals surface area contributed by atoms with Gasteiger partial charge in [0.1, 0.15) is 6.29 Å². The summed E-state index contributed by atoms with van der Waals surface area (Å²) in [6, 6.07) is 8.74. The molecule has 0 radical (unpaired) electrons. The lowest BCUT2D eigenvalue weighted by molar-refractivity contribution is -0.118. The van der Waals surface area contributed by atoms with E-state index in [1.165, 1.54) is 43.1 Å². The third kappa shape index (κ3) is 2.95. The number of rotatable bonds is 3. The number of carbonyl (C=O) groups excluding carboxylic acids is 1. The Hall–Kier alpha value is -1.15. The maximum Gasteiger partial charge on any atom is 0.127 e. The minimum atomic E-state index is -0.0667. The van der Waals surface area contributed by atoms with Crippen LogP contribution in [0.25, 0.3) is 0 Å². The number of hydrogen-bond acceptors (Lipinski definition) is 2. The predicted molar refractivity (Wildman–Crippen MR) is 81.6 cm³/mol. The molecule has 2 aliphatic rings. The van der Waals surface area contributed by atoms with Crippen LogP contribution in [0.1, 0.15) is 49.7 Å². The Morgan fingerprint density at radius 2 is 1.75 bits per heavy atom. The van der Waals surface area contributed by atoms with E-state index in [1.807, 2.05) is 0 Å². The molecule has 20 heavy (non-hydrogen) atoms. The molecular formula is C18H25NO. The summed E-state index contributed by atoms with van der Waals surface area (Å²) in [6.07, 6.45) is 9.65. The van der Waals surface area contributed by atoms with Crippen LogP contribution in [-0.4, -0.2) is 24.3 Å². The van der Waals surface area contributed by atoms with Crippen LogP contribution in [0, 0.1) is 5.41 Å². The molecule has 0 unspecified atom stereocenters. The van der Waals surface area contributed by atoms with Crippen molar-refractivity contribution in [2.24, 2.45) is 5.41 Å². The van der Waals surface area contributed by atoms with Crippen LogP contribution in [-0.2, 0) is 17.8 Å². The summed E-state index contributed by atoms with van der Waals surface area (Å²) in [6.45, 7) is 3.09. The first-order valence-electron chi connectivity index (χ1n) is 8.07. The second-order valence-electron chi connectivity index (χ2n) is 6.62. The molecule has 1 saturated carbocycles. The van der Waals surface area contributed by atoms with Gasteiger partial charge in [-0.3, -0.25) is 4.90 Å². The van der Waals surface area contributed by atoms with Gasteiger partial charge in [-0.05, 0) is 30.4 Å². The largest absolute Gasteiger partial charge is 0.303 e. The van der Waals surface area contributed by atoms with Crippen LogP contribution in [0.4, 0.5) is 0 Å². The van der Waals surface area contributed by atoms with Crippen LogP contribution >= 0.6 is 0 Å². The Balaban J connectivity index is 1.69. The van der Waals surface area contributed by atoms with Gasteiger partial charge in [-0.15, -0.1) is 0 Å². The second kappa shape index (κ2) is 6.09. The molecule has 0 N–H and O–H groups in total. The van der Waals surface area contributed by atoms with E-state index in [1.54, 1.807) is 0 Å². The standard InChI is InChI=1S/C18H25NO/c20-15-18(10-5-1-2-6-11-18)14-19-12-9-16-7-3-4-8-17(16)13-19/h3-4,7-8,15H,1-2,5-6,9-14H2. The van der Waals surface area contributed by atoms with Crippen molar-refractivity contribution in [3.8, 4) is 0 Å². The van der Waals surface area contributed by atoms with E-state index in [2.05, 4.69) is 29.2 Å². The molecule has 0 spiro atoms. The van der Waals surface area contributed by atoms with Gasteiger partial charge in [0.05, 0.1) is 0 Å². The summed E-state index contributed by atoms with van der Waals surface area (Å²) in [7, 11) is 0. The van der Waals surface area contributed by atoms with Crippen molar-refractivity contribution in [2.45, 2.75) is 51.5 Å². The maximum atomic E-state index is 11.7. The number of hydrogen-bond donors (Lipinski definition) is 0. The Labute approximate surface area is 122 Å². The average Bonchev–Trinajstić information content (AvgIpc) is 2.73. The zero-order valence-corrected chi connectivity index (χ0v) is 12.3. The SMILES string of the molecule is O=CC1(CN2CCc3ccccc3C2)CCCCCC1. The molecule has 108 valence electrons. The normalized spacial score (nSPS) is 22.8. The molecule has 1 aliphatic carbocycles. The van der Waals surface area contributed by atoms with E-state index >= 15 is 0 Å². The lowest BCUT2D eigenvalue weighted by Gasteiger charge is -2.36. The highest BCUT2D eigenvalue weighted by Gasteiger charge is 2.33. The number of fused-ring (bicyclic) bond motifs is 1. The Morgan fingerprint density at radius 3 is 2.45 bits per heavy atom. The van der Waals surface area contributed by atoms with Crippen LogP contribution in [0.3, 0.4) is 0 Å². The van der Waals surface area contributed by atoms with Gasteiger partial charge in [0, 0.05) is 25.0 Å². The van der Waals surface area contributed by atoms with Crippen LogP contribution in [0.15, 0.2) is 24.3 Å². The van der Waals surface area contributed by atoms with Crippen molar-refractivity contribution in [3.05, 3.63) is 35.4 Å². The zero-order valence-electron chi connectivity index (χ0n) is 12.3. The fourth-order valence-corrected chi connectivity index (χ4v) is 3.88. The molecule has 3 rings (SSSR count). The number of aldehydes is 1. The molecule has 2 heteroatoms. The first-order chi connectivity index (χ1) is 9.81. The third-order valence-electron chi connectivity index (χ3n) is 5.10. The molecule has 2 nitrogen and oxygen atoms in total. The summed E-state index contributed by atoms with van der Waals surface area (Å²) < 4.78 is 0. The fraction of sp³-hybridized carbons (Fsp3) is 0.611. The van der Waals surface area contributed by atoms with Gasteiger partial charge < -0.3 is 4.79 Å². The van der Waals surface area contributed by atoms with Gasteiger partial charge in [0.25, 0.3) is 0 Å². The van der Waals surface area contributed by atoms with Crippen molar-refractivity contribution in [1.82, 2.24) is 4.90 Å². The lowest BCUT2D eigenvalue weighted by Crippen LogP contribution is -2.41. The summed E-state index contributed by atoms with van der Waals surface area (Å²) in [5.41, 5.74) is 2.88. The van der Waals surface area contributed by atoms with Crippen molar-refractivity contribution in [2.75, 3.05) is 13.1 Å². The first kappa shape index (κ1) is 13.8. The van der Waals surface area contributed by atoms with Gasteiger partial charge >= 0.3 is 0 Å². The predicted octanol–water partition coefficient (Wildman–Crippen LogP) is 3.58. The van der Waals surface area contributed by atoms with Gasteiger partial charge in [-0.25, -0.2) is 0 Å².